The van der Waals surface area contributed by atoms with Gasteiger partial charge in [0.25, 0.3) is 5.56 Å². The van der Waals surface area contributed by atoms with E-state index in [4.69, 9.17) is 4.74 Å². The lowest BCUT2D eigenvalue weighted by molar-refractivity contribution is -0.132. The second kappa shape index (κ2) is 7.25. The summed E-state index contributed by atoms with van der Waals surface area (Å²) in [4.78, 5) is 41.2. The van der Waals surface area contributed by atoms with E-state index in [2.05, 4.69) is 9.88 Å². The van der Waals surface area contributed by atoms with E-state index in [0.29, 0.717) is 26.2 Å². The fraction of sp³-hybridized carbons (Fsp3) is 0.353. The van der Waals surface area contributed by atoms with Gasteiger partial charge in [-0.25, -0.2) is 4.79 Å². The molecule has 0 atom stereocenters. The van der Waals surface area contributed by atoms with Crippen LogP contribution in [0.4, 0.5) is 5.69 Å². The normalized spacial score (nSPS) is 14.4. The number of carbonyl (C=O) groups excluding carboxylic acids is 1. The van der Waals surface area contributed by atoms with Crippen LogP contribution in [0, 0.1) is 0 Å². The molecule has 25 heavy (non-hydrogen) atoms. The van der Waals surface area contributed by atoms with E-state index < -0.39 is 11.2 Å². The number of nitrogens with one attached hydrogen (secondary N) is 1. The number of methoxy groups -OCH3 is 1. The highest BCUT2D eigenvalue weighted by Crippen LogP contribution is 2.28. The molecule has 132 valence electrons. The molecule has 0 radical (unpaired) electrons. The minimum absolute atomic E-state index is 0.0791. The molecule has 1 aliphatic heterocycles. The average molecular weight is 344 g/mol. The van der Waals surface area contributed by atoms with Crippen molar-refractivity contribution in [1.82, 2.24) is 14.5 Å². The largest absolute Gasteiger partial charge is 0.495 e. The van der Waals surface area contributed by atoms with Gasteiger partial charge >= 0.3 is 5.69 Å². The first-order valence-corrected chi connectivity index (χ1v) is 8.04. The molecule has 8 heteroatoms. The SMILES string of the molecule is COc1ccccc1N1CCN(C(=O)Cn2ccc(=O)[nH]c2=O)CC1. The van der Waals surface area contributed by atoms with Crippen molar-refractivity contribution in [3.8, 4) is 5.75 Å². The van der Waals surface area contributed by atoms with Gasteiger partial charge in [-0.1, -0.05) is 12.1 Å². The highest BCUT2D eigenvalue weighted by molar-refractivity contribution is 5.76. The standard InChI is InChI=1S/C17H20N4O4/c1-25-14-5-3-2-4-13(14)19-8-10-20(11-9-19)16(23)12-21-7-6-15(22)18-17(21)24/h2-7H,8-12H2,1H3,(H,18,22,24). The van der Waals surface area contributed by atoms with Gasteiger partial charge in [0.05, 0.1) is 12.8 Å². The maximum absolute atomic E-state index is 12.4. The Morgan fingerprint density at radius 1 is 1.12 bits per heavy atom. The first kappa shape index (κ1) is 16.8. The highest BCUT2D eigenvalue weighted by Gasteiger charge is 2.23. The molecule has 0 aliphatic carbocycles. The lowest BCUT2D eigenvalue weighted by atomic mass is 10.2. The van der Waals surface area contributed by atoms with Crippen molar-refractivity contribution in [3.63, 3.8) is 0 Å². The van der Waals surface area contributed by atoms with Crippen LogP contribution in [0.5, 0.6) is 5.75 Å². The van der Waals surface area contributed by atoms with E-state index in [9.17, 15) is 14.4 Å². The Morgan fingerprint density at radius 3 is 2.52 bits per heavy atom. The molecule has 0 saturated carbocycles. The summed E-state index contributed by atoms with van der Waals surface area (Å²) in [5.41, 5.74) is -0.0402. The number of piperazine rings is 1. The lowest BCUT2D eigenvalue weighted by Gasteiger charge is -2.36. The van der Waals surface area contributed by atoms with Crippen LogP contribution in [0.1, 0.15) is 0 Å². The molecule has 8 nitrogen and oxygen atoms in total. The Hall–Kier alpha value is -3.03. The molecule has 0 unspecified atom stereocenters. The molecular weight excluding hydrogens is 324 g/mol. The van der Waals surface area contributed by atoms with E-state index in [1.807, 2.05) is 24.3 Å². The number of hydrogen-bond acceptors (Lipinski definition) is 5. The minimum atomic E-state index is -0.575. The lowest BCUT2D eigenvalue weighted by Crippen LogP contribution is -2.50. The van der Waals surface area contributed by atoms with Crippen LogP contribution in [0.15, 0.2) is 46.1 Å². The maximum atomic E-state index is 12.4. The third-order valence-corrected chi connectivity index (χ3v) is 4.26. The van der Waals surface area contributed by atoms with Gasteiger partial charge in [-0.3, -0.25) is 19.1 Å². The second-order valence-corrected chi connectivity index (χ2v) is 5.78. The monoisotopic (exact) mass is 344 g/mol. The van der Waals surface area contributed by atoms with Crippen LogP contribution in [0.2, 0.25) is 0 Å². The molecule has 2 heterocycles. The summed E-state index contributed by atoms with van der Waals surface area (Å²) in [5, 5.41) is 0. The van der Waals surface area contributed by atoms with Gasteiger partial charge < -0.3 is 14.5 Å². The molecule has 1 aromatic heterocycles. The number of para-hydroxylation sites is 2. The first-order valence-electron chi connectivity index (χ1n) is 8.04. The van der Waals surface area contributed by atoms with Gasteiger partial charge in [-0.05, 0) is 12.1 Å². The molecule has 3 rings (SSSR count). The Labute approximate surface area is 144 Å². The van der Waals surface area contributed by atoms with Crippen LogP contribution in [0.3, 0.4) is 0 Å². The first-order chi connectivity index (χ1) is 12.1. The summed E-state index contributed by atoms with van der Waals surface area (Å²) in [6, 6.07) is 9.02. The van der Waals surface area contributed by atoms with Crippen molar-refractivity contribution in [2.75, 3.05) is 38.2 Å². The topological polar surface area (TPSA) is 87.6 Å². The molecular formula is C17H20N4O4. The highest BCUT2D eigenvalue weighted by atomic mass is 16.5. The van der Waals surface area contributed by atoms with Crippen molar-refractivity contribution < 1.29 is 9.53 Å². The van der Waals surface area contributed by atoms with E-state index in [1.54, 1.807) is 12.0 Å². The zero-order valence-corrected chi connectivity index (χ0v) is 14.0. The van der Waals surface area contributed by atoms with Gasteiger partial charge in [0.1, 0.15) is 12.3 Å². The Bertz CT molecular complexity index is 865. The molecule has 2 aromatic rings. The number of rotatable bonds is 4. The number of H-pyrrole nitrogens is 1. The molecule has 1 amide bonds. The Kier molecular flexibility index (Phi) is 4.87. The van der Waals surface area contributed by atoms with Gasteiger partial charge in [0.15, 0.2) is 0 Å². The van der Waals surface area contributed by atoms with E-state index in [0.717, 1.165) is 11.4 Å². The predicted octanol–water partition coefficient (Wildman–Crippen LogP) is -0.106. The summed E-state index contributed by atoms with van der Waals surface area (Å²) in [6.45, 7) is 2.42. The number of amides is 1. The summed E-state index contributed by atoms with van der Waals surface area (Å²) in [7, 11) is 1.64. The summed E-state index contributed by atoms with van der Waals surface area (Å²) >= 11 is 0. The van der Waals surface area contributed by atoms with Crippen molar-refractivity contribution in [2.45, 2.75) is 6.54 Å². The van der Waals surface area contributed by atoms with E-state index in [1.165, 1.54) is 16.8 Å². The number of carbonyl (C=O) groups is 1. The van der Waals surface area contributed by atoms with Crippen LogP contribution >= 0.6 is 0 Å². The van der Waals surface area contributed by atoms with Crippen molar-refractivity contribution >= 4 is 11.6 Å². The van der Waals surface area contributed by atoms with E-state index >= 15 is 0 Å². The molecule has 0 spiro atoms. The van der Waals surface area contributed by atoms with Crippen LogP contribution in [-0.4, -0.2) is 53.6 Å². The van der Waals surface area contributed by atoms with Gasteiger partial charge in [-0.2, -0.15) is 0 Å². The second-order valence-electron chi connectivity index (χ2n) is 5.78. The summed E-state index contributed by atoms with van der Waals surface area (Å²) in [5.74, 6) is 0.663. The zero-order valence-electron chi connectivity index (χ0n) is 14.0. The summed E-state index contributed by atoms with van der Waals surface area (Å²) in [6.07, 6.45) is 1.34. The van der Waals surface area contributed by atoms with Gasteiger partial charge in [0.2, 0.25) is 5.91 Å². The molecule has 1 aromatic carbocycles. The number of benzene rings is 1. The number of nitrogens with zero attached hydrogens (tertiary/aromatic N) is 3. The van der Waals surface area contributed by atoms with Crippen molar-refractivity contribution in [3.05, 3.63) is 57.4 Å². The van der Waals surface area contributed by atoms with Crippen molar-refractivity contribution in [2.24, 2.45) is 0 Å². The fourth-order valence-electron chi connectivity index (χ4n) is 2.90. The number of anilines is 1. The fourth-order valence-corrected chi connectivity index (χ4v) is 2.90. The molecule has 1 saturated heterocycles. The van der Waals surface area contributed by atoms with E-state index in [-0.39, 0.29) is 12.5 Å². The smallest absolute Gasteiger partial charge is 0.328 e. The quantitative estimate of drug-likeness (QED) is 0.836. The van der Waals surface area contributed by atoms with Crippen LogP contribution in [-0.2, 0) is 11.3 Å². The number of aromatic amines is 1. The number of ether oxygens (including phenoxy) is 1. The molecule has 1 aliphatic rings. The minimum Gasteiger partial charge on any atom is -0.495 e. The van der Waals surface area contributed by atoms with Crippen molar-refractivity contribution in [1.29, 1.82) is 0 Å². The molecule has 0 bridgehead atoms. The average Bonchev–Trinajstić information content (AvgIpc) is 2.64. The Balaban J connectivity index is 1.63. The third-order valence-electron chi connectivity index (χ3n) is 4.26. The summed E-state index contributed by atoms with van der Waals surface area (Å²) < 4.78 is 6.59. The van der Waals surface area contributed by atoms with Gasteiger partial charge in [0, 0.05) is 38.4 Å². The zero-order chi connectivity index (χ0) is 17.8. The van der Waals surface area contributed by atoms with Crippen LogP contribution in [0.25, 0.3) is 0 Å². The third kappa shape index (κ3) is 3.73. The van der Waals surface area contributed by atoms with Gasteiger partial charge in [-0.15, -0.1) is 0 Å². The molecule has 1 N–H and O–H groups in total. The molecule has 1 fully saturated rings. The Morgan fingerprint density at radius 2 is 1.84 bits per heavy atom. The maximum Gasteiger partial charge on any atom is 0.328 e. The predicted molar refractivity (Wildman–Crippen MR) is 93.1 cm³/mol. The van der Waals surface area contributed by atoms with Crippen LogP contribution < -0.4 is 20.9 Å². The number of hydrogen-bond donors (Lipinski definition) is 1. The number of aromatic nitrogens is 2.